The molecule has 9 heteroatoms. The number of halogens is 4. The molecule has 2 rings (SSSR count). The predicted octanol–water partition coefficient (Wildman–Crippen LogP) is 4.78. The Balaban J connectivity index is 2.83. The van der Waals surface area contributed by atoms with Crippen LogP contribution in [-0.2, 0) is 6.18 Å². The van der Waals surface area contributed by atoms with Crippen molar-refractivity contribution >= 4 is 39.3 Å². The van der Waals surface area contributed by atoms with E-state index in [0.29, 0.717) is 27.5 Å². The van der Waals surface area contributed by atoms with Gasteiger partial charge in [-0.25, -0.2) is 4.98 Å². The first-order chi connectivity index (χ1) is 11.7. The van der Waals surface area contributed by atoms with E-state index in [-0.39, 0.29) is 10.2 Å². The highest BCUT2D eigenvalue weighted by Crippen LogP contribution is 2.43. The highest BCUT2D eigenvalue weighted by atomic mass is 79.9. The number of anilines is 1. The summed E-state index contributed by atoms with van der Waals surface area (Å²) in [6.45, 7) is 1.87. The maximum Gasteiger partial charge on any atom is 0.416 e. The molecule has 3 N–H and O–H groups in total. The summed E-state index contributed by atoms with van der Waals surface area (Å²) in [5, 5.41) is 2.90. The third-order valence-electron chi connectivity index (χ3n) is 3.38. The first-order valence-electron chi connectivity index (χ1n) is 7.21. The molecule has 0 bridgehead atoms. The SMILES string of the molecule is CCSc1c(-c2cc(C(F)(F)F)cc(Br)c2NC)ccnc1C(N)=O. The molecule has 0 unspecified atom stereocenters. The van der Waals surface area contributed by atoms with Gasteiger partial charge >= 0.3 is 6.18 Å². The molecule has 0 fully saturated rings. The molecule has 1 amide bonds. The summed E-state index contributed by atoms with van der Waals surface area (Å²) in [4.78, 5) is 16.1. The van der Waals surface area contributed by atoms with Gasteiger partial charge in [-0.1, -0.05) is 6.92 Å². The van der Waals surface area contributed by atoms with Crippen molar-refractivity contribution in [3.8, 4) is 11.1 Å². The highest BCUT2D eigenvalue weighted by molar-refractivity contribution is 9.10. The van der Waals surface area contributed by atoms with Gasteiger partial charge in [-0.05, 0) is 39.9 Å². The van der Waals surface area contributed by atoms with Gasteiger partial charge in [-0.15, -0.1) is 11.8 Å². The zero-order chi connectivity index (χ0) is 18.8. The standard InChI is InChI=1S/C16H15BrF3N3OS/c1-3-25-14-9(4-5-23-13(14)15(21)24)10-6-8(16(18,19)20)7-11(17)12(10)22-2/h4-7,22H,3H2,1-2H3,(H2,21,24). The molecule has 1 heterocycles. The maximum absolute atomic E-state index is 13.2. The predicted molar refractivity (Wildman–Crippen MR) is 96.8 cm³/mol. The van der Waals surface area contributed by atoms with Gasteiger partial charge in [-0.3, -0.25) is 4.79 Å². The van der Waals surface area contributed by atoms with E-state index in [2.05, 4.69) is 26.2 Å². The van der Waals surface area contributed by atoms with Crippen LogP contribution < -0.4 is 11.1 Å². The van der Waals surface area contributed by atoms with E-state index < -0.39 is 17.6 Å². The molecule has 134 valence electrons. The average Bonchev–Trinajstić information content (AvgIpc) is 2.53. The van der Waals surface area contributed by atoms with E-state index in [1.807, 2.05) is 6.92 Å². The number of carbonyl (C=O) groups is 1. The number of primary amides is 1. The minimum atomic E-state index is -4.50. The van der Waals surface area contributed by atoms with Gasteiger partial charge in [0.05, 0.1) is 11.3 Å². The Hall–Kier alpha value is -1.74. The van der Waals surface area contributed by atoms with Crippen molar-refractivity contribution in [2.45, 2.75) is 18.0 Å². The summed E-state index contributed by atoms with van der Waals surface area (Å²) in [6.07, 6.45) is -3.14. The van der Waals surface area contributed by atoms with E-state index in [1.165, 1.54) is 18.0 Å². The fourth-order valence-electron chi connectivity index (χ4n) is 2.36. The van der Waals surface area contributed by atoms with Crippen LogP contribution in [0.5, 0.6) is 0 Å². The lowest BCUT2D eigenvalue weighted by Crippen LogP contribution is -2.15. The number of rotatable bonds is 5. The third-order valence-corrected chi connectivity index (χ3v) is 5.00. The Morgan fingerprint density at radius 1 is 1.36 bits per heavy atom. The Labute approximate surface area is 155 Å². The second kappa shape index (κ2) is 7.65. The Morgan fingerprint density at radius 2 is 2.04 bits per heavy atom. The largest absolute Gasteiger partial charge is 0.416 e. The molecule has 1 aromatic carbocycles. The van der Waals surface area contributed by atoms with Crippen molar-refractivity contribution in [3.63, 3.8) is 0 Å². The number of thioether (sulfide) groups is 1. The van der Waals surface area contributed by atoms with Crippen LogP contribution in [0.1, 0.15) is 23.0 Å². The number of nitrogens with two attached hydrogens (primary N) is 1. The van der Waals surface area contributed by atoms with Gasteiger partial charge < -0.3 is 11.1 Å². The number of nitrogens with one attached hydrogen (secondary N) is 1. The smallest absolute Gasteiger partial charge is 0.387 e. The zero-order valence-corrected chi connectivity index (χ0v) is 15.8. The number of nitrogens with zero attached hydrogens (tertiary/aromatic N) is 1. The molecule has 4 nitrogen and oxygen atoms in total. The van der Waals surface area contributed by atoms with Crippen LogP contribution >= 0.6 is 27.7 Å². The number of amides is 1. The number of pyridine rings is 1. The number of hydrogen-bond acceptors (Lipinski definition) is 4. The quantitative estimate of drug-likeness (QED) is 0.665. The fraction of sp³-hybridized carbons (Fsp3) is 0.250. The molecule has 0 saturated heterocycles. The molecule has 25 heavy (non-hydrogen) atoms. The normalized spacial score (nSPS) is 11.4. The van der Waals surface area contributed by atoms with Crippen LogP contribution in [-0.4, -0.2) is 23.7 Å². The zero-order valence-electron chi connectivity index (χ0n) is 13.4. The summed E-state index contributed by atoms with van der Waals surface area (Å²) in [7, 11) is 1.61. The van der Waals surface area contributed by atoms with Gasteiger partial charge in [0.25, 0.3) is 5.91 Å². The number of benzene rings is 1. The third kappa shape index (κ3) is 4.09. The van der Waals surface area contributed by atoms with Crippen LogP contribution in [0.4, 0.5) is 18.9 Å². The minimum Gasteiger partial charge on any atom is -0.387 e. The second-order valence-electron chi connectivity index (χ2n) is 4.96. The van der Waals surface area contributed by atoms with Crippen molar-refractivity contribution in [1.82, 2.24) is 4.98 Å². The van der Waals surface area contributed by atoms with Gasteiger partial charge in [0.2, 0.25) is 0 Å². The van der Waals surface area contributed by atoms with Crippen molar-refractivity contribution in [2.75, 3.05) is 18.1 Å². The Bertz CT molecular complexity index is 812. The summed E-state index contributed by atoms with van der Waals surface area (Å²) in [5.41, 5.74) is 5.87. The number of carbonyl (C=O) groups excluding carboxylic acids is 1. The van der Waals surface area contributed by atoms with Crippen LogP contribution in [0.2, 0.25) is 0 Å². The van der Waals surface area contributed by atoms with E-state index in [0.717, 1.165) is 12.1 Å². The van der Waals surface area contributed by atoms with E-state index >= 15 is 0 Å². The first-order valence-corrected chi connectivity index (χ1v) is 8.99. The first kappa shape index (κ1) is 19.6. The molecular weight excluding hydrogens is 419 g/mol. The molecule has 0 aliphatic rings. The van der Waals surface area contributed by atoms with E-state index in [4.69, 9.17) is 5.73 Å². The van der Waals surface area contributed by atoms with Crippen molar-refractivity contribution in [3.05, 3.63) is 40.1 Å². The van der Waals surface area contributed by atoms with Gasteiger partial charge in [0, 0.05) is 33.7 Å². The molecule has 2 aromatic rings. The molecule has 0 aliphatic heterocycles. The lowest BCUT2D eigenvalue weighted by atomic mass is 10.0. The molecule has 0 atom stereocenters. The summed E-state index contributed by atoms with van der Waals surface area (Å²) in [5.74, 6) is -0.122. The van der Waals surface area contributed by atoms with Crippen LogP contribution in [0.25, 0.3) is 11.1 Å². The number of alkyl halides is 3. The monoisotopic (exact) mass is 433 g/mol. The Morgan fingerprint density at radius 3 is 2.56 bits per heavy atom. The molecule has 0 saturated carbocycles. The van der Waals surface area contributed by atoms with Crippen LogP contribution in [0.3, 0.4) is 0 Å². The average molecular weight is 434 g/mol. The van der Waals surface area contributed by atoms with Crippen LogP contribution in [0.15, 0.2) is 33.8 Å². The van der Waals surface area contributed by atoms with Gasteiger partial charge in [-0.2, -0.15) is 13.2 Å². The molecule has 0 spiro atoms. The molecule has 0 aliphatic carbocycles. The second-order valence-corrected chi connectivity index (χ2v) is 7.09. The van der Waals surface area contributed by atoms with Crippen molar-refractivity contribution < 1.29 is 18.0 Å². The van der Waals surface area contributed by atoms with E-state index in [9.17, 15) is 18.0 Å². The molecular formula is C16H15BrF3N3OS. The Kier molecular flexibility index (Phi) is 5.99. The number of aromatic nitrogens is 1. The lowest BCUT2D eigenvalue weighted by molar-refractivity contribution is -0.137. The van der Waals surface area contributed by atoms with Crippen molar-refractivity contribution in [2.24, 2.45) is 5.73 Å². The summed E-state index contributed by atoms with van der Waals surface area (Å²) >= 11 is 4.48. The van der Waals surface area contributed by atoms with Crippen molar-refractivity contribution in [1.29, 1.82) is 0 Å². The lowest BCUT2D eigenvalue weighted by Gasteiger charge is -2.18. The van der Waals surface area contributed by atoms with Gasteiger partial charge in [0.1, 0.15) is 5.69 Å². The summed E-state index contributed by atoms with van der Waals surface area (Å²) < 4.78 is 39.9. The van der Waals surface area contributed by atoms with Gasteiger partial charge in [0.15, 0.2) is 0 Å². The topological polar surface area (TPSA) is 68.0 Å². The molecule has 0 radical (unpaired) electrons. The summed E-state index contributed by atoms with van der Waals surface area (Å²) in [6, 6.07) is 3.64. The minimum absolute atomic E-state index is 0.0416. The van der Waals surface area contributed by atoms with Crippen LogP contribution in [0, 0.1) is 0 Å². The number of hydrogen-bond donors (Lipinski definition) is 2. The fourth-order valence-corrected chi connectivity index (χ4v) is 3.93. The highest BCUT2D eigenvalue weighted by Gasteiger charge is 2.32. The van der Waals surface area contributed by atoms with E-state index in [1.54, 1.807) is 13.1 Å². The molecule has 1 aromatic heterocycles. The maximum atomic E-state index is 13.2.